The first-order chi connectivity index (χ1) is 20.5. The van der Waals surface area contributed by atoms with Gasteiger partial charge in [0.05, 0.1) is 29.1 Å². The number of rotatable bonds is 12. The molecule has 0 spiro atoms. The van der Waals surface area contributed by atoms with Crippen LogP contribution in [0.3, 0.4) is 0 Å². The van der Waals surface area contributed by atoms with Gasteiger partial charge in [-0.3, -0.25) is 13.9 Å². The van der Waals surface area contributed by atoms with Crippen molar-refractivity contribution in [2.24, 2.45) is 0 Å². The number of ether oxygens (including phenoxy) is 1. The Morgan fingerprint density at radius 3 is 2.30 bits per heavy atom. The van der Waals surface area contributed by atoms with Gasteiger partial charge in [-0.15, -0.1) is 0 Å². The summed E-state index contributed by atoms with van der Waals surface area (Å²) in [6.45, 7) is 1.29. The van der Waals surface area contributed by atoms with Crippen LogP contribution < -0.4 is 14.4 Å². The molecule has 8 nitrogen and oxygen atoms in total. The summed E-state index contributed by atoms with van der Waals surface area (Å²) in [5.74, 6) is -0.537. The van der Waals surface area contributed by atoms with Crippen LogP contribution in [0.15, 0.2) is 66.7 Å². The van der Waals surface area contributed by atoms with Gasteiger partial charge in [0.15, 0.2) is 0 Å². The lowest BCUT2D eigenvalue weighted by Gasteiger charge is -2.34. The van der Waals surface area contributed by atoms with E-state index >= 15 is 0 Å². The van der Waals surface area contributed by atoms with Crippen LogP contribution in [0.4, 0.5) is 5.69 Å². The van der Waals surface area contributed by atoms with Crippen molar-refractivity contribution in [2.75, 3.05) is 24.2 Å². The van der Waals surface area contributed by atoms with Crippen LogP contribution in [0, 0.1) is 6.92 Å². The highest BCUT2D eigenvalue weighted by atomic mass is 35.5. The summed E-state index contributed by atoms with van der Waals surface area (Å²) in [4.78, 5) is 29.7. The molecule has 11 heteroatoms. The van der Waals surface area contributed by atoms with Gasteiger partial charge in [-0.05, 0) is 60.7 Å². The third-order valence-electron chi connectivity index (χ3n) is 7.59. The average Bonchev–Trinajstić information content (AvgIpc) is 3.48. The summed E-state index contributed by atoms with van der Waals surface area (Å²) < 4.78 is 32.7. The highest BCUT2D eigenvalue weighted by molar-refractivity contribution is 7.92. The van der Waals surface area contributed by atoms with Crippen molar-refractivity contribution >= 4 is 50.7 Å². The number of hydrogen-bond acceptors (Lipinski definition) is 5. The molecule has 1 aliphatic rings. The third kappa shape index (κ3) is 8.65. The van der Waals surface area contributed by atoms with Crippen LogP contribution in [0.2, 0.25) is 10.0 Å². The van der Waals surface area contributed by atoms with Gasteiger partial charge in [0.2, 0.25) is 21.8 Å². The summed E-state index contributed by atoms with van der Waals surface area (Å²) in [5.41, 5.74) is 2.54. The van der Waals surface area contributed by atoms with Crippen LogP contribution >= 0.6 is 23.2 Å². The molecule has 0 aliphatic heterocycles. The Kier molecular flexibility index (Phi) is 11.0. The van der Waals surface area contributed by atoms with E-state index in [0.717, 1.165) is 47.4 Å². The molecular formula is C32H37Cl2N3O5S. The van der Waals surface area contributed by atoms with Crippen molar-refractivity contribution in [2.45, 2.75) is 57.7 Å². The molecule has 1 aliphatic carbocycles. The van der Waals surface area contributed by atoms with E-state index in [9.17, 15) is 18.0 Å². The monoisotopic (exact) mass is 645 g/mol. The normalized spacial score (nSPS) is 14.3. The van der Waals surface area contributed by atoms with Gasteiger partial charge in [-0.2, -0.15) is 0 Å². The van der Waals surface area contributed by atoms with Crippen LogP contribution in [-0.4, -0.2) is 57.1 Å². The Morgan fingerprint density at radius 2 is 1.67 bits per heavy atom. The summed E-state index contributed by atoms with van der Waals surface area (Å²) in [7, 11) is -2.50. The third-order valence-corrected chi connectivity index (χ3v) is 9.46. The molecule has 0 heterocycles. The van der Waals surface area contributed by atoms with E-state index in [2.05, 4.69) is 5.32 Å². The Bertz CT molecular complexity index is 1550. The van der Waals surface area contributed by atoms with Gasteiger partial charge in [-0.1, -0.05) is 78.5 Å². The first-order valence-electron chi connectivity index (χ1n) is 14.2. The number of hydrogen-bond donors (Lipinski definition) is 1. The highest BCUT2D eigenvalue weighted by Gasteiger charge is 2.35. The van der Waals surface area contributed by atoms with Crippen molar-refractivity contribution in [1.82, 2.24) is 10.2 Å². The SMILES string of the molecule is COc1ccc(C)cc1N(CC(=O)N(Cc1ccc(Cl)c(Cl)c1)[C@@H](Cc1ccccc1)C(=O)NC1CCCC1)S(C)(=O)=O. The maximum atomic E-state index is 14.3. The second-order valence-corrected chi connectivity index (χ2v) is 13.6. The zero-order valence-electron chi connectivity index (χ0n) is 24.6. The highest BCUT2D eigenvalue weighted by Crippen LogP contribution is 2.32. The number of methoxy groups -OCH3 is 1. The maximum absolute atomic E-state index is 14.3. The molecule has 43 heavy (non-hydrogen) atoms. The molecule has 1 N–H and O–H groups in total. The predicted octanol–water partition coefficient (Wildman–Crippen LogP) is 5.78. The standard InChI is InChI=1S/C32H37Cl2N3O5S/c1-22-13-16-30(42-2)28(17-22)37(43(3,40)41)21-31(38)36(20-24-14-15-26(33)27(34)18-24)29(19-23-9-5-4-6-10-23)32(39)35-25-11-7-8-12-25/h4-6,9-10,13-18,25,29H,7-8,11-12,19-21H2,1-3H3,(H,35,39)/t29-/m0/s1. The van der Waals surface area contributed by atoms with Crippen molar-refractivity contribution in [3.05, 3.63) is 93.5 Å². The van der Waals surface area contributed by atoms with Crippen molar-refractivity contribution < 1.29 is 22.7 Å². The molecule has 1 atom stereocenters. The maximum Gasteiger partial charge on any atom is 0.244 e. The number of sulfonamides is 1. The Hall–Kier alpha value is -3.27. The molecule has 0 radical (unpaired) electrons. The fourth-order valence-electron chi connectivity index (χ4n) is 5.35. The van der Waals surface area contributed by atoms with E-state index in [0.29, 0.717) is 21.4 Å². The van der Waals surface area contributed by atoms with Gasteiger partial charge >= 0.3 is 0 Å². The topological polar surface area (TPSA) is 96.0 Å². The smallest absolute Gasteiger partial charge is 0.244 e. The first-order valence-corrected chi connectivity index (χ1v) is 16.8. The van der Waals surface area contributed by atoms with Gasteiger partial charge < -0.3 is 15.0 Å². The Balaban J connectivity index is 1.77. The molecule has 4 rings (SSSR count). The van der Waals surface area contributed by atoms with Crippen molar-refractivity contribution in [3.63, 3.8) is 0 Å². The second kappa shape index (κ2) is 14.5. The number of carbonyl (C=O) groups is 2. The van der Waals surface area contributed by atoms with Crippen molar-refractivity contribution in [3.8, 4) is 5.75 Å². The van der Waals surface area contributed by atoms with Gasteiger partial charge in [0.1, 0.15) is 18.3 Å². The minimum Gasteiger partial charge on any atom is -0.495 e. The average molecular weight is 647 g/mol. The van der Waals surface area contributed by atoms with Gasteiger partial charge in [0.25, 0.3) is 0 Å². The van der Waals surface area contributed by atoms with E-state index in [1.165, 1.54) is 12.0 Å². The van der Waals surface area contributed by atoms with Crippen molar-refractivity contribution in [1.29, 1.82) is 0 Å². The quantitative estimate of drug-likeness (QED) is 0.270. The summed E-state index contributed by atoms with van der Waals surface area (Å²) in [5, 5.41) is 3.82. The Morgan fingerprint density at radius 1 is 0.977 bits per heavy atom. The van der Waals surface area contributed by atoms with Crippen LogP contribution in [-0.2, 0) is 32.6 Å². The summed E-state index contributed by atoms with van der Waals surface area (Å²) in [6.07, 6.45) is 5.08. The van der Waals surface area contributed by atoms with E-state index < -0.39 is 28.5 Å². The molecule has 3 aromatic rings. The molecule has 0 aromatic heterocycles. The van der Waals surface area contributed by atoms with Crippen LogP contribution in [0.5, 0.6) is 5.75 Å². The van der Waals surface area contributed by atoms with Gasteiger partial charge in [-0.25, -0.2) is 8.42 Å². The zero-order valence-corrected chi connectivity index (χ0v) is 26.9. The lowest BCUT2D eigenvalue weighted by molar-refractivity contribution is -0.140. The number of aryl methyl sites for hydroxylation is 1. The molecule has 3 aromatic carbocycles. The van der Waals surface area contributed by atoms with E-state index in [4.69, 9.17) is 27.9 Å². The lowest BCUT2D eigenvalue weighted by Crippen LogP contribution is -2.54. The predicted molar refractivity (Wildman–Crippen MR) is 171 cm³/mol. The van der Waals surface area contributed by atoms with E-state index in [-0.39, 0.29) is 30.6 Å². The molecule has 0 bridgehead atoms. The molecule has 230 valence electrons. The van der Waals surface area contributed by atoms with Crippen LogP contribution in [0.1, 0.15) is 42.4 Å². The zero-order chi connectivity index (χ0) is 31.1. The lowest BCUT2D eigenvalue weighted by atomic mass is 10.0. The molecule has 0 unspecified atom stereocenters. The number of benzene rings is 3. The fourth-order valence-corrected chi connectivity index (χ4v) is 6.51. The second-order valence-electron chi connectivity index (χ2n) is 10.9. The van der Waals surface area contributed by atoms with E-state index in [1.807, 2.05) is 37.3 Å². The Labute approximate surface area is 264 Å². The first kappa shape index (κ1) is 32.6. The molecule has 1 saturated carbocycles. The molecule has 1 fully saturated rings. The summed E-state index contributed by atoms with van der Waals surface area (Å²) in [6, 6.07) is 18.7. The molecule has 2 amide bonds. The minimum absolute atomic E-state index is 0.00780. The number of nitrogens with zero attached hydrogens (tertiary/aromatic N) is 2. The minimum atomic E-state index is -3.94. The number of amides is 2. The number of anilines is 1. The number of carbonyl (C=O) groups excluding carboxylic acids is 2. The summed E-state index contributed by atoms with van der Waals surface area (Å²) >= 11 is 12.5. The number of halogens is 2. The largest absolute Gasteiger partial charge is 0.495 e. The van der Waals surface area contributed by atoms with Gasteiger partial charge in [0, 0.05) is 19.0 Å². The van der Waals surface area contributed by atoms with E-state index in [1.54, 1.807) is 36.4 Å². The molecular weight excluding hydrogens is 609 g/mol. The molecule has 0 saturated heterocycles. The van der Waals surface area contributed by atoms with Crippen LogP contribution in [0.25, 0.3) is 0 Å². The fraction of sp³-hybridized carbons (Fsp3) is 0.375. The number of nitrogens with one attached hydrogen (secondary N) is 1.